The molecule has 0 saturated carbocycles. The second-order valence-corrected chi connectivity index (χ2v) is 6.10. The van der Waals surface area contributed by atoms with Crippen LogP contribution in [0.2, 0.25) is 0 Å². The summed E-state index contributed by atoms with van der Waals surface area (Å²) in [5.41, 5.74) is -0.427. The summed E-state index contributed by atoms with van der Waals surface area (Å²) >= 11 is 0. The monoisotopic (exact) mass is 390 g/mol. The summed E-state index contributed by atoms with van der Waals surface area (Å²) in [6.07, 6.45) is 1.38. The highest BCUT2D eigenvalue weighted by Gasteiger charge is 2.24. The van der Waals surface area contributed by atoms with E-state index in [9.17, 15) is 19.7 Å². The van der Waals surface area contributed by atoms with E-state index in [1.54, 1.807) is 16.9 Å². The number of nitrogens with one attached hydrogen (secondary N) is 1. The zero-order chi connectivity index (χ0) is 20.8. The molecule has 2 atom stereocenters. The van der Waals surface area contributed by atoms with Gasteiger partial charge in [0.05, 0.1) is 29.8 Å². The lowest BCUT2D eigenvalue weighted by atomic mass is 10.2. The van der Waals surface area contributed by atoms with Crippen LogP contribution in [0.3, 0.4) is 0 Å². The van der Waals surface area contributed by atoms with Gasteiger partial charge in [0.25, 0.3) is 5.91 Å². The zero-order valence-electron chi connectivity index (χ0n) is 16.0. The summed E-state index contributed by atoms with van der Waals surface area (Å²) in [5, 5.41) is 18.2. The van der Waals surface area contributed by atoms with Gasteiger partial charge < -0.3 is 14.8 Å². The molecule has 1 aromatic heterocycles. The van der Waals surface area contributed by atoms with Crippen LogP contribution in [0.5, 0.6) is 5.75 Å². The molecule has 0 spiro atoms. The maximum atomic E-state index is 12.5. The van der Waals surface area contributed by atoms with Crippen LogP contribution in [0.15, 0.2) is 30.5 Å². The van der Waals surface area contributed by atoms with E-state index in [-0.39, 0.29) is 17.4 Å². The van der Waals surface area contributed by atoms with Gasteiger partial charge >= 0.3 is 11.7 Å². The third-order valence-corrected chi connectivity index (χ3v) is 4.18. The minimum Gasteiger partial charge on any atom is -0.474 e. The second kappa shape index (κ2) is 8.98. The van der Waals surface area contributed by atoms with E-state index in [0.29, 0.717) is 5.82 Å². The van der Waals surface area contributed by atoms with E-state index < -0.39 is 28.6 Å². The first-order chi connectivity index (χ1) is 13.3. The number of nitrogens with zero attached hydrogens (tertiary/aromatic N) is 3. The smallest absolute Gasteiger partial charge is 0.338 e. The van der Waals surface area contributed by atoms with Crippen molar-refractivity contribution in [3.8, 4) is 5.75 Å². The maximum absolute atomic E-state index is 12.5. The van der Waals surface area contributed by atoms with Crippen LogP contribution >= 0.6 is 0 Å². The fourth-order valence-electron chi connectivity index (χ4n) is 2.41. The average Bonchev–Trinajstić information content (AvgIpc) is 3.14. The maximum Gasteiger partial charge on any atom is 0.338 e. The van der Waals surface area contributed by atoms with Crippen LogP contribution < -0.4 is 10.1 Å². The predicted octanol–water partition coefficient (Wildman–Crippen LogP) is 2.95. The Morgan fingerprint density at radius 3 is 2.64 bits per heavy atom. The van der Waals surface area contributed by atoms with Crippen molar-refractivity contribution in [3.05, 3.63) is 46.1 Å². The fourth-order valence-corrected chi connectivity index (χ4v) is 2.41. The van der Waals surface area contributed by atoms with Gasteiger partial charge in [0.15, 0.2) is 11.9 Å². The van der Waals surface area contributed by atoms with Crippen molar-refractivity contribution in [2.45, 2.75) is 39.3 Å². The highest BCUT2D eigenvalue weighted by Crippen LogP contribution is 2.29. The summed E-state index contributed by atoms with van der Waals surface area (Å²) in [6.45, 7) is 5.44. The molecule has 0 bridgehead atoms. The molecule has 1 aromatic carbocycles. The molecule has 0 fully saturated rings. The molecule has 2 aromatic rings. The summed E-state index contributed by atoms with van der Waals surface area (Å²) < 4.78 is 11.7. The molecule has 0 aliphatic rings. The molecule has 1 amide bonds. The van der Waals surface area contributed by atoms with Gasteiger partial charge in [-0.25, -0.2) is 9.48 Å². The van der Waals surface area contributed by atoms with Gasteiger partial charge in [-0.05, 0) is 32.4 Å². The predicted molar refractivity (Wildman–Crippen MR) is 100 cm³/mol. The zero-order valence-corrected chi connectivity index (χ0v) is 16.0. The van der Waals surface area contributed by atoms with Crippen molar-refractivity contribution in [2.24, 2.45) is 0 Å². The minimum atomic E-state index is -1.03. The minimum absolute atomic E-state index is 0.0103. The lowest BCUT2D eigenvalue weighted by molar-refractivity contribution is -0.386. The number of nitro groups is 1. The molecule has 0 aliphatic heterocycles. The highest BCUT2D eigenvalue weighted by molar-refractivity contribution is 5.93. The fraction of sp³-hybridized carbons (Fsp3) is 0.389. The highest BCUT2D eigenvalue weighted by atomic mass is 16.6. The molecular weight excluding hydrogens is 368 g/mol. The molecule has 0 saturated heterocycles. The molecule has 150 valence electrons. The lowest BCUT2D eigenvalue weighted by Gasteiger charge is -2.17. The van der Waals surface area contributed by atoms with Crippen LogP contribution in [0.4, 0.5) is 11.5 Å². The summed E-state index contributed by atoms with van der Waals surface area (Å²) in [5.74, 6) is -0.823. The van der Waals surface area contributed by atoms with Crippen LogP contribution in [0, 0.1) is 10.1 Å². The SMILES string of the molecule is CC[C@H](C)n1nccc1NC(=O)[C@@H](C)Oc1ccc(C(=O)OC)cc1[N+](=O)[O-]. The summed E-state index contributed by atoms with van der Waals surface area (Å²) in [6, 6.07) is 5.39. The summed E-state index contributed by atoms with van der Waals surface area (Å²) in [4.78, 5) is 34.6. The molecular formula is C18H22N4O6. The van der Waals surface area contributed by atoms with Gasteiger partial charge in [-0.3, -0.25) is 14.9 Å². The van der Waals surface area contributed by atoms with Crippen LogP contribution in [-0.4, -0.2) is 39.8 Å². The van der Waals surface area contributed by atoms with Crippen LogP contribution in [0.25, 0.3) is 0 Å². The number of carbonyl (C=O) groups is 2. The number of esters is 1. The first kappa shape index (κ1) is 20.9. The van der Waals surface area contributed by atoms with Crippen molar-refractivity contribution in [2.75, 3.05) is 12.4 Å². The molecule has 10 nitrogen and oxygen atoms in total. The van der Waals surface area contributed by atoms with Crippen molar-refractivity contribution < 1.29 is 24.0 Å². The molecule has 0 aliphatic carbocycles. The molecule has 0 unspecified atom stereocenters. The van der Waals surface area contributed by atoms with Crippen molar-refractivity contribution >= 4 is 23.4 Å². The number of hydrogen-bond acceptors (Lipinski definition) is 7. The number of carbonyl (C=O) groups excluding carboxylic acids is 2. The Labute approximate surface area is 161 Å². The average molecular weight is 390 g/mol. The number of hydrogen-bond donors (Lipinski definition) is 1. The molecule has 0 radical (unpaired) electrons. The Hall–Kier alpha value is -3.43. The molecule has 10 heteroatoms. The molecule has 1 heterocycles. The quantitative estimate of drug-likeness (QED) is 0.417. The van der Waals surface area contributed by atoms with E-state index in [0.717, 1.165) is 12.5 Å². The first-order valence-corrected chi connectivity index (χ1v) is 8.66. The number of rotatable bonds is 8. The third-order valence-electron chi connectivity index (χ3n) is 4.18. The van der Waals surface area contributed by atoms with E-state index in [4.69, 9.17) is 4.74 Å². The number of methoxy groups -OCH3 is 1. The molecule has 2 rings (SSSR count). The molecule has 1 N–H and O–H groups in total. The third kappa shape index (κ3) is 4.64. The van der Waals surface area contributed by atoms with Gasteiger partial charge in [-0.2, -0.15) is 5.10 Å². The normalized spacial score (nSPS) is 12.7. The van der Waals surface area contributed by atoms with Crippen LogP contribution in [-0.2, 0) is 9.53 Å². The van der Waals surface area contributed by atoms with Gasteiger partial charge in [0, 0.05) is 12.1 Å². The van der Waals surface area contributed by atoms with Gasteiger partial charge in [0.2, 0.25) is 0 Å². The van der Waals surface area contributed by atoms with Crippen LogP contribution in [0.1, 0.15) is 43.6 Å². The largest absolute Gasteiger partial charge is 0.474 e. The molecule has 28 heavy (non-hydrogen) atoms. The number of aromatic nitrogens is 2. The Balaban J connectivity index is 2.17. The topological polar surface area (TPSA) is 126 Å². The Morgan fingerprint density at radius 1 is 1.32 bits per heavy atom. The Kier molecular flexibility index (Phi) is 6.69. The van der Waals surface area contributed by atoms with E-state index in [1.165, 1.54) is 26.2 Å². The van der Waals surface area contributed by atoms with Gasteiger partial charge in [-0.1, -0.05) is 6.92 Å². The Bertz CT molecular complexity index is 879. The Morgan fingerprint density at radius 2 is 2.04 bits per heavy atom. The number of amides is 1. The van der Waals surface area contributed by atoms with Crippen molar-refractivity contribution in [3.63, 3.8) is 0 Å². The number of anilines is 1. The number of nitro benzene ring substituents is 1. The van der Waals surface area contributed by atoms with Gasteiger partial charge in [0.1, 0.15) is 5.82 Å². The van der Waals surface area contributed by atoms with Gasteiger partial charge in [-0.15, -0.1) is 0 Å². The van der Waals surface area contributed by atoms with Crippen molar-refractivity contribution in [1.29, 1.82) is 0 Å². The first-order valence-electron chi connectivity index (χ1n) is 8.66. The van der Waals surface area contributed by atoms with E-state index in [1.807, 2.05) is 13.8 Å². The number of ether oxygens (including phenoxy) is 2. The second-order valence-electron chi connectivity index (χ2n) is 6.10. The lowest BCUT2D eigenvalue weighted by Crippen LogP contribution is -2.31. The van der Waals surface area contributed by atoms with E-state index >= 15 is 0 Å². The standard InChI is InChI=1S/C18H22N4O6/c1-5-11(2)21-16(8-9-19-21)20-17(23)12(3)28-15-7-6-13(18(24)27-4)10-14(15)22(25)26/h6-12H,5H2,1-4H3,(H,20,23)/t11-,12+/m0/s1. The number of benzene rings is 1. The summed E-state index contributed by atoms with van der Waals surface area (Å²) in [7, 11) is 1.18. The van der Waals surface area contributed by atoms with E-state index in [2.05, 4.69) is 15.2 Å². The van der Waals surface area contributed by atoms with Crippen molar-refractivity contribution in [1.82, 2.24) is 9.78 Å².